The molecule has 6 heteroatoms. The average Bonchev–Trinajstić information content (AvgIpc) is 2.59. The first-order valence-corrected chi connectivity index (χ1v) is 9.11. The number of anilines is 1. The monoisotopic (exact) mass is 358 g/mol. The molecule has 130 valence electrons. The highest BCUT2D eigenvalue weighted by molar-refractivity contribution is 7.99. The molecule has 2 aromatic carbocycles. The lowest BCUT2D eigenvalue weighted by atomic mass is 10.1. The maximum absolute atomic E-state index is 13.1. The van der Waals surface area contributed by atoms with Gasteiger partial charge >= 0.3 is 0 Å². The maximum Gasteiger partial charge on any atom is 0.224 e. The largest absolute Gasteiger partial charge is 0.326 e. The molecule has 1 aliphatic heterocycles. The molecule has 2 amide bonds. The minimum absolute atomic E-state index is 0.0855. The van der Waals surface area contributed by atoms with Gasteiger partial charge in [0.15, 0.2) is 0 Å². The zero-order valence-electron chi connectivity index (χ0n) is 13.9. The van der Waals surface area contributed by atoms with E-state index in [2.05, 4.69) is 5.32 Å². The molecule has 0 spiro atoms. The highest BCUT2D eigenvalue weighted by Crippen LogP contribution is 2.38. The van der Waals surface area contributed by atoms with E-state index < -0.39 is 0 Å². The van der Waals surface area contributed by atoms with E-state index in [-0.39, 0.29) is 23.0 Å². The van der Waals surface area contributed by atoms with Gasteiger partial charge in [-0.05, 0) is 35.4 Å². The van der Waals surface area contributed by atoms with Crippen LogP contribution in [0.5, 0.6) is 0 Å². The van der Waals surface area contributed by atoms with Crippen LogP contribution in [0.25, 0.3) is 0 Å². The summed E-state index contributed by atoms with van der Waals surface area (Å²) in [6.45, 7) is 1.91. The van der Waals surface area contributed by atoms with E-state index in [1.807, 2.05) is 29.2 Å². The quantitative estimate of drug-likeness (QED) is 0.900. The number of hydrogen-bond acceptors (Lipinski definition) is 3. The lowest BCUT2D eigenvalue weighted by Crippen LogP contribution is -2.36. The summed E-state index contributed by atoms with van der Waals surface area (Å²) < 4.78 is 13.1. The fourth-order valence-electron chi connectivity index (χ4n) is 2.79. The molecule has 1 aliphatic rings. The highest BCUT2D eigenvalue weighted by atomic mass is 32.2. The van der Waals surface area contributed by atoms with Gasteiger partial charge in [0.05, 0.1) is 0 Å². The first-order chi connectivity index (χ1) is 12.0. The van der Waals surface area contributed by atoms with Gasteiger partial charge < -0.3 is 10.2 Å². The molecule has 2 aromatic rings. The summed E-state index contributed by atoms with van der Waals surface area (Å²) in [5.74, 6) is 0.469. The van der Waals surface area contributed by atoms with Crippen molar-refractivity contribution in [2.24, 2.45) is 0 Å². The Morgan fingerprint density at radius 2 is 1.88 bits per heavy atom. The molecule has 1 fully saturated rings. The number of amides is 2. The van der Waals surface area contributed by atoms with Crippen molar-refractivity contribution in [3.05, 3.63) is 65.5 Å². The Hall–Kier alpha value is -2.34. The van der Waals surface area contributed by atoms with Crippen LogP contribution in [-0.4, -0.2) is 22.5 Å². The molecule has 1 unspecified atom stereocenters. The number of benzene rings is 2. The maximum atomic E-state index is 13.1. The van der Waals surface area contributed by atoms with Crippen molar-refractivity contribution in [2.75, 3.05) is 11.1 Å². The molecule has 1 N–H and O–H groups in total. The lowest BCUT2D eigenvalue weighted by molar-refractivity contribution is -0.132. The van der Waals surface area contributed by atoms with Crippen molar-refractivity contribution < 1.29 is 14.0 Å². The molecule has 25 heavy (non-hydrogen) atoms. The Kier molecular flexibility index (Phi) is 5.38. The Morgan fingerprint density at radius 1 is 1.20 bits per heavy atom. The topological polar surface area (TPSA) is 49.4 Å². The minimum atomic E-state index is -0.284. The van der Waals surface area contributed by atoms with Gasteiger partial charge in [-0.3, -0.25) is 9.59 Å². The van der Waals surface area contributed by atoms with Crippen LogP contribution < -0.4 is 5.32 Å². The second-order valence-electron chi connectivity index (χ2n) is 5.92. The number of rotatable bonds is 4. The highest BCUT2D eigenvalue weighted by Gasteiger charge is 2.29. The number of nitrogens with zero attached hydrogens (tertiary/aromatic N) is 1. The molecule has 0 bridgehead atoms. The van der Waals surface area contributed by atoms with Gasteiger partial charge in [0.25, 0.3) is 0 Å². The number of thioether (sulfide) groups is 1. The molecule has 3 rings (SSSR count). The predicted octanol–water partition coefficient (Wildman–Crippen LogP) is 3.95. The molecule has 0 aliphatic carbocycles. The summed E-state index contributed by atoms with van der Waals surface area (Å²) in [6.07, 6.45) is 0.506. The Bertz CT molecular complexity index is 762. The van der Waals surface area contributed by atoms with Gasteiger partial charge in [-0.2, -0.15) is 0 Å². The molecule has 1 heterocycles. The van der Waals surface area contributed by atoms with E-state index in [9.17, 15) is 14.0 Å². The van der Waals surface area contributed by atoms with Gasteiger partial charge in [-0.25, -0.2) is 4.39 Å². The molecule has 0 aromatic heterocycles. The van der Waals surface area contributed by atoms with E-state index in [1.54, 1.807) is 23.9 Å². The fraction of sp³-hybridized carbons (Fsp3) is 0.263. The van der Waals surface area contributed by atoms with Crippen molar-refractivity contribution in [3.63, 3.8) is 0 Å². The van der Waals surface area contributed by atoms with Crippen LogP contribution in [0.15, 0.2) is 48.5 Å². The third kappa shape index (κ3) is 4.39. The predicted molar refractivity (Wildman–Crippen MR) is 97.5 cm³/mol. The summed E-state index contributed by atoms with van der Waals surface area (Å²) in [7, 11) is 0. The standard InChI is InChI=1S/C19H19FN2O2S/c1-13(23)21-17-8-4-15(5-9-17)19-22(18(24)10-11-25-19)12-14-2-6-16(20)7-3-14/h2-9,19H,10-12H2,1H3,(H,21,23). The molecule has 4 nitrogen and oxygen atoms in total. The second kappa shape index (κ2) is 7.70. The number of carbonyl (C=O) groups excluding carboxylic acids is 2. The summed E-state index contributed by atoms with van der Waals surface area (Å²) in [6, 6.07) is 13.8. The van der Waals surface area contributed by atoms with E-state index >= 15 is 0 Å². The molecular formula is C19H19FN2O2S. The van der Waals surface area contributed by atoms with Crippen LogP contribution in [0, 0.1) is 5.82 Å². The summed E-state index contributed by atoms with van der Waals surface area (Å²) in [5.41, 5.74) is 2.64. The SMILES string of the molecule is CC(=O)Nc1ccc(C2SCCC(=O)N2Cc2ccc(F)cc2)cc1. The number of nitrogens with one attached hydrogen (secondary N) is 1. The van der Waals surface area contributed by atoms with Crippen molar-refractivity contribution in [3.8, 4) is 0 Å². The van der Waals surface area contributed by atoms with Crippen LogP contribution in [0.4, 0.5) is 10.1 Å². The van der Waals surface area contributed by atoms with Gasteiger partial charge in [-0.1, -0.05) is 24.3 Å². The molecular weight excluding hydrogens is 339 g/mol. The first-order valence-electron chi connectivity index (χ1n) is 8.06. The zero-order valence-corrected chi connectivity index (χ0v) is 14.7. The molecule has 0 saturated carbocycles. The van der Waals surface area contributed by atoms with Crippen LogP contribution in [0.3, 0.4) is 0 Å². The first kappa shape index (κ1) is 17.5. The Morgan fingerprint density at radius 3 is 2.52 bits per heavy atom. The molecule has 0 radical (unpaired) electrons. The van der Waals surface area contributed by atoms with E-state index in [0.29, 0.717) is 13.0 Å². The number of carbonyl (C=O) groups is 2. The van der Waals surface area contributed by atoms with Crippen molar-refractivity contribution in [2.45, 2.75) is 25.3 Å². The summed E-state index contributed by atoms with van der Waals surface area (Å²) >= 11 is 1.71. The minimum Gasteiger partial charge on any atom is -0.326 e. The van der Waals surface area contributed by atoms with Crippen molar-refractivity contribution in [1.82, 2.24) is 4.90 Å². The van der Waals surface area contributed by atoms with Crippen LogP contribution >= 0.6 is 11.8 Å². The average molecular weight is 358 g/mol. The van der Waals surface area contributed by atoms with Crippen molar-refractivity contribution in [1.29, 1.82) is 0 Å². The zero-order chi connectivity index (χ0) is 17.8. The lowest BCUT2D eigenvalue weighted by Gasteiger charge is -2.35. The Labute approximate surface area is 150 Å². The van der Waals surface area contributed by atoms with Crippen molar-refractivity contribution >= 4 is 29.3 Å². The van der Waals surface area contributed by atoms with Gasteiger partial charge in [-0.15, -0.1) is 11.8 Å². The Balaban J connectivity index is 1.80. The normalized spacial score (nSPS) is 17.4. The smallest absolute Gasteiger partial charge is 0.224 e. The second-order valence-corrected chi connectivity index (χ2v) is 7.11. The van der Waals surface area contributed by atoms with Crippen LogP contribution in [0.1, 0.15) is 29.8 Å². The van der Waals surface area contributed by atoms with E-state index in [4.69, 9.17) is 0 Å². The van der Waals surface area contributed by atoms with Crippen LogP contribution in [-0.2, 0) is 16.1 Å². The van der Waals surface area contributed by atoms with E-state index in [1.165, 1.54) is 19.1 Å². The summed E-state index contributed by atoms with van der Waals surface area (Å²) in [4.78, 5) is 25.4. The third-order valence-electron chi connectivity index (χ3n) is 3.98. The third-order valence-corrected chi connectivity index (χ3v) is 5.26. The molecule has 1 saturated heterocycles. The van der Waals surface area contributed by atoms with Gasteiger partial charge in [0, 0.05) is 31.3 Å². The van der Waals surface area contributed by atoms with E-state index in [0.717, 1.165) is 22.6 Å². The van der Waals surface area contributed by atoms with Crippen LogP contribution in [0.2, 0.25) is 0 Å². The van der Waals surface area contributed by atoms with Gasteiger partial charge in [0.1, 0.15) is 11.2 Å². The van der Waals surface area contributed by atoms with Gasteiger partial charge in [0.2, 0.25) is 11.8 Å². The summed E-state index contributed by atoms with van der Waals surface area (Å²) in [5, 5.41) is 2.65. The number of halogens is 1. The number of hydrogen-bond donors (Lipinski definition) is 1. The molecule has 1 atom stereocenters. The fourth-order valence-corrected chi connectivity index (χ4v) is 4.03.